The van der Waals surface area contributed by atoms with Crippen LogP contribution in [-0.4, -0.2) is 26.3 Å². The minimum absolute atomic E-state index is 0.505. The highest BCUT2D eigenvalue weighted by Crippen LogP contribution is 2.41. The van der Waals surface area contributed by atoms with E-state index < -0.39 is 9.71 Å². The molecule has 4 nitrogen and oxygen atoms in total. The third-order valence-corrected chi connectivity index (χ3v) is 9.14. The topological polar surface area (TPSA) is 54.9 Å². The zero-order valence-corrected chi connectivity index (χ0v) is 22.4. The van der Waals surface area contributed by atoms with Gasteiger partial charge in [-0.05, 0) is 67.1 Å². The van der Waals surface area contributed by atoms with E-state index in [4.69, 9.17) is 4.98 Å². The average Bonchev–Trinajstić information content (AvgIpc) is 3.35. The van der Waals surface area contributed by atoms with Gasteiger partial charge in [-0.3, -0.25) is 4.72 Å². The molecule has 0 fully saturated rings. The Labute approximate surface area is 220 Å². The number of rotatable bonds is 7. The van der Waals surface area contributed by atoms with Crippen LogP contribution in [-0.2, 0) is 9.71 Å². The Morgan fingerprint density at radius 3 is 2.39 bits per heavy atom. The second-order valence-electron chi connectivity index (χ2n) is 8.31. The van der Waals surface area contributed by atoms with Gasteiger partial charge in [0.1, 0.15) is 10.8 Å². The molecule has 7 heteroatoms. The SMILES string of the molecule is C=S(=O)(Nc1cc(-c2sc(-c3ccc(SC)cc3)nc2-c2cccc(C)c2)ccn1)c1ccccc1. The summed E-state index contributed by atoms with van der Waals surface area (Å²) < 4.78 is 16.4. The number of hydrogen-bond donors (Lipinski definition) is 1. The highest BCUT2D eigenvalue weighted by molar-refractivity contribution is 8.01. The number of thioether (sulfide) groups is 1. The van der Waals surface area contributed by atoms with Crippen molar-refractivity contribution in [1.82, 2.24) is 9.97 Å². The molecule has 2 heterocycles. The Balaban J connectivity index is 1.58. The summed E-state index contributed by atoms with van der Waals surface area (Å²) in [4.78, 5) is 12.4. The Morgan fingerprint density at radius 2 is 1.67 bits per heavy atom. The van der Waals surface area contributed by atoms with E-state index in [1.54, 1.807) is 41.4 Å². The second kappa shape index (κ2) is 10.3. The third kappa shape index (κ3) is 5.23. The minimum Gasteiger partial charge on any atom is -0.294 e. The van der Waals surface area contributed by atoms with Gasteiger partial charge in [0.15, 0.2) is 0 Å². The number of anilines is 1. The number of aromatic nitrogens is 2. The summed E-state index contributed by atoms with van der Waals surface area (Å²) in [6.45, 7) is 2.08. The van der Waals surface area contributed by atoms with Gasteiger partial charge in [0, 0.05) is 27.1 Å². The largest absolute Gasteiger partial charge is 0.294 e. The lowest BCUT2D eigenvalue weighted by atomic mass is 10.1. The van der Waals surface area contributed by atoms with Gasteiger partial charge in [-0.2, -0.15) is 0 Å². The van der Waals surface area contributed by atoms with Crippen molar-refractivity contribution in [2.45, 2.75) is 16.7 Å². The number of pyridine rings is 1. The number of hydrogen-bond acceptors (Lipinski definition) is 5. The first-order chi connectivity index (χ1) is 17.4. The molecule has 0 bridgehead atoms. The van der Waals surface area contributed by atoms with Crippen LogP contribution in [0.25, 0.3) is 32.3 Å². The highest BCUT2D eigenvalue weighted by atomic mass is 32.2. The lowest BCUT2D eigenvalue weighted by Crippen LogP contribution is -2.13. The molecule has 3 aromatic carbocycles. The standard InChI is InChI=1S/C29H25N3OS3/c1-20-8-7-9-22(18-20)27-28(35-29(31-27)21-12-14-24(34-2)15-13-21)23-16-17-30-26(19-23)32-36(3,33)25-10-5-4-6-11-25/h4-19H,3H2,1-2H3,(H,30,32,33). The summed E-state index contributed by atoms with van der Waals surface area (Å²) in [6.07, 6.45) is 3.80. The summed E-state index contributed by atoms with van der Waals surface area (Å²) in [5.41, 5.74) is 5.19. The van der Waals surface area contributed by atoms with Crippen molar-refractivity contribution in [3.63, 3.8) is 0 Å². The zero-order valence-electron chi connectivity index (χ0n) is 20.0. The van der Waals surface area contributed by atoms with Crippen LogP contribution in [0.15, 0.2) is 107 Å². The molecule has 0 spiro atoms. The Hall–Kier alpha value is -3.39. The number of thiazole rings is 1. The predicted octanol–water partition coefficient (Wildman–Crippen LogP) is 7.67. The summed E-state index contributed by atoms with van der Waals surface area (Å²) in [5.74, 6) is 4.44. The first kappa shape index (κ1) is 24.3. The van der Waals surface area contributed by atoms with E-state index in [-0.39, 0.29) is 0 Å². The summed E-state index contributed by atoms with van der Waals surface area (Å²) >= 11 is 3.36. The highest BCUT2D eigenvalue weighted by Gasteiger charge is 2.18. The van der Waals surface area contributed by atoms with Crippen LogP contribution in [0.3, 0.4) is 0 Å². The van der Waals surface area contributed by atoms with Gasteiger partial charge in [-0.1, -0.05) is 54.1 Å². The van der Waals surface area contributed by atoms with Crippen LogP contribution in [0.5, 0.6) is 0 Å². The molecule has 36 heavy (non-hydrogen) atoms. The maximum atomic E-state index is 13.3. The van der Waals surface area contributed by atoms with Crippen molar-refractivity contribution >= 4 is 44.5 Å². The van der Waals surface area contributed by atoms with Gasteiger partial charge in [0.2, 0.25) is 0 Å². The molecule has 1 atom stereocenters. The first-order valence-electron chi connectivity index (χ1n) is 11.3. The van der Waals surface area contributed by atoms with Crippen molar-refractivity contribution in [2.75, 3.05) is 11.0 Å². The lowest BCUT2D eigenvalue weighted by Gasteiger charge is -2.13. The Bertz CT molecular complexity index is 1610. The first-order valence-corrected chi connectivity index (χ1v) is 15.1. The van der Waals surface area contributed by atoms with Crippen LogP contribution >= 0.6 is 23.1 Å². The molecule has 0 aliphatic heterocycles. The van der Waals surface area contributed by atoms with E-state index in [0.717, 1.165) is 32.3 Å². The van der Waals surface area contributed by atoms with Crippen LogP contribution in [0.4, 0.5) is 5.82 Å². The Morgan fingerprint density at radius 1 is 0.889 bits per heavy atom. The molecule has 1 N–H and O–H groups in total. The second-order valence-corrected chi connectivity index (χ2v) is 12.2. The van der Waals surface area contributed by atoms with Crippen molar-refractivity contribution < 1.29 is 4.21 Å². The average molecular weight is 528 g/mol. The molecule has 1 unspecified atom stereocenters. The number of benzene rings is 3. The fourth-order valence-corrected chi connectivity index (χ4v) is 6.52. The maximum absolute atomic E-state index is 13.3. The van der Waals surface area contributed by atoms with Gasteiger partial charge in [-0.15, -0.1) is 23.1 Å². The lowest BCUT2D eigenvalue weighted by molar-refractivity contribution is 0.684. The number of nitrogens with zero attached hydrogens (tertiary/aromatic N) is 2. The van der Waals surface area contributed by atoms with E-state index in [1.807, 2.05) is 30.3 Å². The van der Waals surface area contributed by atoms with Gasteiger partial charge in [0.25, 0.3) is 0 Å². The van der Waals surface area contributed by atoms with Crippen LogP contribution in [0.1, 0.15) is 5.56 Å². The summed E-state index contributed by atoms with van der Waals surface area (Å²) in [7, 11) is -2.75. The minimum atomic E-state index is -2.75. The van der Waals surface area contributed by atoms with Crippen molar-refractivity contribution in [2.24, 2.45) is 0 Å². The van der Waals surface area contributed by atoms with Crippen molar-refractivity contribution in [3.05, 3.63) is 103 Å². The molecule has 0 saturated carbocycles. The fraction of sp³-hybridized carbons (Fsp3) is 0.0690. The van der Waals surface area contributed by atoms with E-state index >= 15 is 0 Å². The fourth-order valence-electron chi connectivity index (χ4n) is 3.86. The van der Waals surface area contributed by atoms with E-state index in [0.29, 0.717) is 10.7 Å². The molecule has 0 amide bonds. The van der Waals surface area contributed by atoms with Crippen LogP contribution in [0, 0.1) is 6.92 Å². The molecular formula is C29H25N3OS3. The van der Waals surface area contributed by atoms with E-state index in [1.165, 1.54) is 10.5 Å². The van der Waals surface area contributed by atoms with Gasteiger partial charge >= 0.3 is 0 Å². The molecule has 0 aliphatic carbocycles. The van der Waals surface area contributed by atoms with Crippen LogP contribution in [0.2, 0.25) is 0 Å². The van der Waals surface area contributed by atoms with Crippen molar-refractivity contribution in [3.8, 4) is 32.3 Å². The summed E-state index contributed by atoms with van der Waals surface area (Å²) in [6, 6.07) is 29.9. The zero-order chi connectivity index (χ0) is 25.1. The molecule has 0 radical (unpaired) electrons. The molecule has 5 aromatic rings. The van der Waals surface area contributed by atoms with E-state index in [9.17, 15) is 4.21 Å². The molecule has 5 rings (SSSR count). The van der Waals surface area contributed by atoms with Crippen LogP contribution < -0.4 is 4.72 Å². The maximum Gasteiger partial charge on any atom is 0.138 e. The van der Waals surface area contributed by atoms with Crippen molar-refractivity contribution in [1.29, 1.82) is 0 Å². The molecule has 0 saturated heterocycles. The van der Waals surface area contributed by atoms with Gasteiger partial charge < -0.3 is 0 Å². The van der Waals surface area contributed by atoms with Gasteiger partial charge in [0.05, 0.1) is 20.3 Å². The normalized spacial score (nSPS) is 12.7. The summed E-state index contributed by atoms with van der Waals surface area (Å²) in [5, 5.41) is 0.950. The molecular weight excluding hydrogens is 503 g/mol. The van der Waals surface area contributed by atoms with E-state index in [2.05, 4.69) is 77.3 Å². The Kier molecular flexibility index (Phi) is 6.96. The van der Waals surface area contributed by atoms with Gasteiger partial charge in [-0.25, -0.2) is 14.2 Å². The monoisotopic (exact) mass is 527 g/mol. The predicted molar refractivity (Wildman–Crippen MR) is 156 cm³/mol. The third-order valence-electron chi connectivity index (χ3n) is 5.67. The molecule has 0 aliphatic rings. The molecule has 2 aromatic heterocycles. The molecule has 180 valence electrons. The number of nitrogens with one attached hydrogen (secondary N) is 1. The smallest absolute Gasteiger partial charge is 0.138 e. The quantitative estimate of drug-likeness (QED) is 0.174. The number of aryl methyl sites for hydroxylation is 1.